The van der Waals surface area contributed by atoms with Crippen molar-refractivity contribution in [2.45, 2.75) is 18.4 Å². The molecule has 3 atom stereocenters. The molecule has 0 amide bonds. The van der Waals surface area contributed by atoms with Gasteiger partial charge in [0.25, 0.3) is 0 Å². The van der Waals surface area contributed by atoms with E-state index in [0.29, 0.717) is 23.2 Å². The average molecular weight is 331 g/mol. The van der Waals surface area contributed by atoms with Crippen LogP contribution >= 0.6 is 0 Å². The number of hydrogen-bond donors (Lipinski definition) is 2. The van der Waals surface area contributed by atoms with E-state index in [0.717, 1.165) is 0 Å². The third-order valence-corrected chi connectivity index (χ3v) is 4.60. The lowest BCUT2D eigenvalue weighted by Gasteiger charge is -2.36. The molecule has 1 heterocycles. The first-order valence-electron chi connectivity index (χ1n) is 7.49. The Labute approximate surface area is 138 Å². The number of fused-ring (bicyclic) bond motifs is 3. The highest BCUT2D eigenvalue weighted by Gasteiger charge is 2.44. The van der Waals surface area contributed by atoms with E-state index in [1.54, 1.807) is 0 Å². The molecule has 0 aromatic heterocycles. The molecule has 0 saturated carbocycles. The molecule has 0 spiro atoms. The van der Waals surface area contributed by atoms with Crippen molar-refractivity contribution in [1.82, 2.24) is 0 Å². The number of allylic oxidation sites excluding steroid dienone is 2. The summed E-state index contributed by atoms with van der Waals surface area (Å²) in [5.74, 6) is -2.64. The number of methoxy groups -OCH3 is 2. The highest BCUT2D eigenvalue weighted by atomic mass is 16.5. The van der Waals surface area contributed by atoms with Crippen LogP contribution in [0.15, 0.2) is 24.3 Å². The molecule has 1 aliphatic carbocycles. The molecule has 2 aliphatic rings. The molecule has 0 saturated heterocycles. The van der Waals surface area contributed by atoms with E-state index in [9.17, 15) is 19.5 Å². The molecule has 0 radical (unpaired) electrons. The minimum absolute atomic E-state index is 0.199. The normalized spacial score (nSPS) is 23.7. The van der Waals surface area contributed by atoms with Gasteiger partial charge in [0.05, 0.1) is 31.0 Å². The predicted molar refractivity (Wildman–Crippen MR) is 84.2 cm³/mol. The summed E-state index contributed by atoms with van der Waals surface area (Å²) < 4.78 is 9.60. The smallest absolute Gasteiger partial charge is 0.339 e. The zero-order chi connectivity index (χ0) is 17.4. The van der Waals surface area contributed by atoms with E-state index >= 15 is 0 Å². The number of aliphatic carboxylic acids is 1. The zero-order valence-corrected chi connectivity index (χ0v) is 13.2. The summed E-state index contributed by atoms with van der Waals surface area (Å²) in [6.07, 6.45) is 4.36. The van der Waals surface area contributed by atoms with Crippen LogP contribution in [0, 0.1) is 5.92 Å². The van der Waals surface area contributed by atoms with Crippen molar-refractivity contribution in [3.8, 4) is 0 Å². The second-order valence-electron chi connectivity index (χ2n) is 5.75. The molecule has 7 heteroatoms. The molecule has 0 unspecified atom stereocenters. The van der Waals surface area contributed by atoms with Crippen LogP contribution in [0.3, 0.4) is 0 Å². The Balaban J connectivity index is 2.24. The van der Waals surface area contributed by atoms with Gasteiger partial charge in [-0.05, 0) is 24.1 Å². The number of carbonyl (C=O) groups excluding carboxylic acids is 2. The quantitative estimate of drug-likeness (QED) is 0.643. The van der Waals surface area contributed by atoms with Crippen LogP contribution in [-0.4, -0.2) is 43.3 Å². The highest BCUT2D eigenvalue weighted by Crippen LogP contribution is 2.47. The fourth-order valence-corrected chi connectivity index (χ4v) is 3.52. The molecule has 1 aliphatic heterocycles. The van der Waals surface area contributed by atoms with Crippen molar-refractivity contribution in [3.05, 3.63) is 41.0 Å². The van der Waals surface area contributed by atoms with Gasteiger partial charge in [-0.25, -0.2) is 14.4 Å². The maximum absolute atomic E-state index is 12.1. The first-order chi connectivity index (χ1) is 11.5. The van der Waals surface area contributed by atoms with Gasteiger partial charge in [-0.3, -0.25) is 0 Å². The van der Waals surface area contributed by atoms with Crippen LogP contribution in [0.1, 0.15) is 38.6 Å². The maximum atomic E-state index is 12.1. The van der Waals surface area contributed by atoms with Crippen molar-refractivity contribution in [3.63, 3.8) is 0 Å². The SMILES string of the molecule is COC(=O)c1ccc(C(=O)OC)c2c1N[C@@H](C(=O)O)[C@@H]1CC=C[C@@H]21. The summed E-state index contributed by atoms with van der Waals surface area (Å²) in [6, 6.07) is 2.11. The number of esters is 2. The Morgan fingerprint density at radius 2 is 1.75 bits per heavy atom. The lowest BCUT2D eigenvalue weighted by molar-refractivity contribution is -0.139. The number of carboxylic acids is 1. The number of carboxylic acid groups (broad SMARTS) is 1. The molecule has 2 N–H and O–H groups in total. The Morgan fingerprint density at radius 1 is 1.12 bits per heavy atom. The molecule has 0 fully saturated rings. The first kappa shape index (κ1) is 16.0. The number of anilines is 1. The van der Waals surface area contributed by atoms with Gasteiger partial charge in [0.2, 0.25) is 0 Å². The third kappa shape index (κ3) is 2.33. The van der Waals surface area contributed by atoms with Gasteiger partial charge in [0.15, 0.2) is 0 Å². The van der Waals surface area contributed by atoms with E-state index in [1.807, 2.05) is 12.2 Å². The summed E-state index contributed by atoms with van der Waals surface area (Å²) in [6.45, 7) is 0. The Kier molecular flexibility index (Phi) is 4.01. The van der Waals surface area contributed by atoms with Gasteiger partial charge in [-0.2, -0.15) is 0 Å². The number of benzene rings is 1. The third-order valence-electron chi connectivity index (χ3n) is 4.60. The standard InChI is InChI=1S/C17H17NO6/c1-23-16(21)10-6-7-11(17(22)24-2)13-12(10)8-4-3-5-9(8)14(18-13)15(19)20/h3-4,6-9,14,18H,5H2,1-2H3,(H,19,20)/t8-,9-,14-/m1/s1. The van der Waals surface area contributed by atoms with Crippen LogP contribution in [0.4, 0.5) is 5.69 Å². The molecule has 3 rings (SSSR count). The van der Waals surface area contributed by atoms with E-state index < -0.39 is 23.9 Å². The predicted octanol–water partition coefficient (Wildman–Crippen LogP) is 1.80. The van der Waals surface area contributed by atoms with E-state index in [4.69, 9.17) is 9.47 Å². The van der Waals surface area contributed by atoms with E-state index in [2.05, 4.69) is 5.32 Å². The molecular formula is C17H17NO6. The van der Waals surface area contributed by atoms with Crippen molar-refractivity contribution >= 4 is 23.6 Å². The van der Waals surface area contributed by atoms with Gasteiger partial charge >= 0.3 is 17.9 Å². The number of carbonyl (C=O) groups is 3. The van der Waals surface area contributed by atoms with E-state index in [1.165, 1.54) is 26.4 Å². The largest absolute Gasteiger partial charge is 0.480 e. The number of ether oxygens (including phenoxy) is 2. The zero-order valence-electron chi connectivity index (χ0n) is 13.2. The Hall–Kier alpha value is -2.83. The minimum Gasteiger partial charge on any atom is -0.480 e. The monoisotopic (exact) mass is 331 g/mol. The fourth-order valence-electron chi connectivity index (χ4n) is 3.52. The number of nitrogens with one attached hydrogen (secondary N) is 1. The van der Waals surface area contributed by atoms with Crippen molar-refractivity contribution in [2.24, 2.45) is 5.92 Å². The summed E-state index contributed by atoms with van der Waals surface area (Å²) in [5.41, 5.74) is 1.43. The molecule has 1 aromatic carbocycles. The van der Waals surface area contributed by atoms with Crippen molar-refractivity contribution in [1.29, 1.82) is 0 Å². The lowest BCUT2D eigenvalue weighted by Crippen LogP contribution is -2.43. The average Bonchev–Trinajstić information content (AvgIpc) is 3.08. The van der Waals surface area contributed by atoms with E-state index in [-0.39, 0.29) is 17.4 Å². The molecule has 1 aromatic rings. The second kappa shape index (κ2) is 5.99. The van der Waals surface area contributed by atoms with Crippen LogP contribution in [0.2, 0.25) is 0 Å². The molecule has 126 valence electrons. The summed E-state index contributed by atoms with van der Waals surface area (Å²) in [7, 11) is 2.53. The Bertz CT molecular complexity index is 754. The number of rotatable bonds is 3. The number of hydrogen-bond acceptors (Lipinski definition) is 6. The minimum atomic E-state index is -1.00. The molecular weight excluding hydrogens is 314 g/mol. The topological polar surface area (TPSA) is 102 Å². The molecule has 24 heavy (non-hydrogen) atoms. The Morgan fingerprint density at radius 3 is 2.38 bits per heavy atom. The molecule has 7 nitrogen and oxygen atoms in total. The second-order valence-corrected chi connectivity index (χ2v) is 5.75. The highest BCUT2D eigenvalue weighted by molar-refractivity contribution is 6.02. The van der Waals surface area contributed by atoms with Gasteiger partial charge in [0.1, 0.15) is 6.04 Å². The van der Waals surface area contributed by atoms with Crippen LogP contribution in [-0.2, 0) is 14.3 Å². The van der Waals surface area contributed by atoms with Crippen LogP contribution in [0.5, 0.6) is 0 Å². The first-order valence-corrected chi connectivity index (χ1v) is 7.49. The molecule has 0 bridgehead atoms. The van der Waals surface area contributed by atoms with Crippen LogP contribution < -0.4 is 5.32 Å². The van der Waals surface area contributed by atoms with Gasteiger partial charge < -0.3 is 19.9 Å². The van der Waals surface area contributed by atoms with Gasteiger partial charge in [-0.15, -0.1) is 0 Å². The summed E-state index contributed by atoms with van der Waals surface area (Å²) >= 11 is 0. The van der Waals surface area contributed by atoms with Gasteiger partial charge in [0, 0.05) is 11.8 Å². The van der Waals surface area contributed by atoms with Crippen molar-refractivity contribution in [2.75, 3.05) is 19.5 Å². The lowest BCUT2D eigenvalue weighted by atomic mass is 9.76. The summed E-state index contributed by atoms with van der Waals surface area (Å²) in [4.78, 5) is 35.8. The van der Waals surface area contributed by atoms with Gasteiger partial charge in [-0.1, -0.05) is 12.2 Å². The van der Waals surface area contributed by atoms with Crippen molar-refractivity contribution < 1.29 is 29.0 Å². The summed E-state index contributed by atoms with van der Waals surface area (Å²) in [5, 5.41) is 12.4. The van der Waals surface area contributed by atoms with Crippen LogP contribution in [0.25, 0.3) is 0 Å². The maximum Gasteiger partial charge on any atom is 0.339 e. The fraction of sp³-hybridized carbons (Fsp3) is 0.353.